The van der Waals surface area contributed by atoms with Gasteiger partial charge in [-0.25, -0.2) is 4.39 Å². The molecule has 3 heteroatoms. The van der Waals surface area contributed by atoms with Crippen molar-refractivity contribution in [3.05, 3.63) is 36.3 Å². The normalized spacial score (nSPS) is 13.1. The molecule has 0 saturated carbocycles. The molecule has 0 radical (unpaired) electrons. The maximum absolute atomic E-state index is 14.0. The number of aromatic nitrogens is 1. The molecule has 0 saturated heterocycles. The van der Waals surface area contributed by atoms with E-state index in [1.807, 2.05) is 12.1 Å². The van der Waals surface area contributed by atoms with Crippen molar-refractivity contribution in [1.29, 1.82) is 0 Å². The molecule has 110 valence electrons. The van der Waals surface area contributed by atoms with E-state index in [2.05, 4.69) is 58.0 Å². The maximum Gasteiger partial charge on any atom is 0.169 e. The third kappa shape index (κ3) is 2.03. The van der Waals surface area contributed by atoms with E-state index in [9.17, 15) is 4.39 Å². The third-order valence-electron chi connectivity index (χ3n) is 4.87. The molecule has 1 aromatic heterocycles. The van der Waals surface area contributed by atoms with Gasteiger partial charge in [-0.1, -0.05) is 47.6 Å². The molecule has 2 aromatic rings. The second kappa shape index (κ2) is 5.36. The smallest absolute Gasteiger partial charge is 0.169 e. The highest BCUT2D eigenvalue weighted by atomic mass is 28.3. The molecule has 2 rings (SSSR count). The molecule has 20 heavy (non-hydrogen) atoms. The number of rotatable bonds is 4. The van der Waals surface area contributed by atoms with Crippen LogP contribution in [0.1, 0.15) is 41.5 Å². The number of hydrogen-bond donors (Lipinski definition) is 0. The first kappa shape index (κ1) is 15.3. The first-order valence-corrected chi connectivity index (χ1v) is 9.77. The Kier molecular flexibility index (Phi) is 4.10. The van der Waals surface area contributed by atoms with Crippen LogP contribution in [0.5, 0.6) is 0 Å². The quantitative estimate of drug-likeness (QED) is 0.627. The van der Waals surface area contributed by atoms with Gasteiger partial charge in [0.1, 0.15) is 5.82 Å². The van der Waals surface area contributed by atoms with Gasteiger partial charge in [-0.3, -0.25) is 0 Å². The molecule has 0 bridgehead atoms. The summed E-state index contributed by atoms with van der Waals surface area (Å²) >= 11 is 0. The molecule has 1 aromatic carbocycles. The van der Waals surface area contributed by atoms with E-state index in [1.54, 1.807) is 6.07 Å². The van der Waals surface area contributed by atoms with Crippen LogP contribution in [0, 0.1) is 5.82 Å². The molecular formula is C17H26FNSi. The van der Waals surface area contributed by atoms with Gasteiger partial charge >= 0.3 is 0 Å². The monoisotopic (exact) mass is 291 g/mol. The number of halogens is 1. The standard InChI is InChI=1S/C17H26FNSi/c1-12(2)20(13(3)4,14(5)6)19-11-10-15-16(18)8-7-9-17(15)19/h7-14H,1-6H3. The molecule has 0 aliphatic rings. The van der Waals surface area contributed by atoms with Crippen LogP contribution in [0.3, 0.4) is 0 Å². The summed E-state index contributed by atoms with van der Waals surface area (Å²) in [5.41, 5.74) is 2.90. The minimum Gasteiger partial charge on any atom is -0.373 e. The van der Waals surface area contributed by atoms with Crippen LogP contribution in [0.2, 0.25) is 16.6 Å². The second-order valence-electron chi connectivity index (χ2n) is 6.71. The van der Waals surface area contributed by atoms with E-state index >= 15 is 0 Å². The van der Waals surface area contributed by atoms with E-state index in [1.165, 1.54) is 0 Å². The highest BCUT2D eigenvalue weighted by Crippen LogP contribution is 2.44. The van der Waals surface area contributed by atoms with E-state index in [4.69, 9.17) is 0 Å². The molecule has 0 fully saturated rings. The van der Waals surface area contributed by atoms with Gasteiger partial charge in [0.2, 0.25) is 0 Å². The number of hydrogen-bond acceptors (Lipinski definition) is 0. The van der Waals surface area contributed by atoms with Crippen LogP contribution >= 0.6 is 0 Å². The highest BCUT2D eigenvalue weighted by Gasteiger charge is 2.45. The minimum absolute atomic E-state index is 0.111. The van der Waals surface area contributed by atoms with E-state index in [0.717, 1.165) is 10.9 Å². The van der Waals surface area contributed by atoms with Gasteiger partial charge in [-0.2, -0.15) is 0 Å². The third-order valence-corrected chi connectivity index (χ3v) is 11.6. The van der Waals surface area contributed by atoms with Gasteiger partial charge in [-0.05, 0) is 41.0 Å². The number of nitrogens with zero attached hydrogens (tertiary/aromatic N) is 1. The molecule has 0 unspecified atom stereocenters. The van der Waals surface area contributed by atoms with Crippen molar-refractivity contribution < 1.29 is 4.39 Å². The van der Waals surface area contributed by atoms with Crippen LogP contribution in [-0.2, 0) is 0 Å². The summed E-state index contributed by atoms with van der Waals surface area (Å²) in [6, 6.07) is 7.39. The molecule has 0 N–H and O–H groups in total. The van der Waals surface area contributed by atoms with Gasteiger partial charge in [0.25, 0.3) is 0 Å². The molecule has 0 amide bonds. The Bertz CT molecular complexity index is 576. The molecule has 0 spiro atoms. The molecule has 0 atom stereocenters. The fraction of sp³-hybridized carbons (Fsp3) is 0.529. The van der Waals surface area contributed by atoms with E-state index in [0.29, 0.717) is 16.6 Å². The van der Waals surface area contributed by atoms with Gasteiger partial charge in [0.05, 0.1) is 0 Å². The summed E-state index contributed by atoms with van der Waals surface area (Å²) in [6.07, 6.45) is 2.12. The predicted molar refractivity (Wildman–Crippen MR) is 88.3 cm³/mol. The van der Waals surface area contributed by atoms with Gasteiger partial charge in [0, 0.05) is 10.9 Å². The van der Waals surface area contributed by atoms with Crippen LogP contribution in [-0.4, -0.2) is 12.5 Å². The Hall–Kier alpha value is -1.09. The van der Waals surface area contributed by atoms with Crippen molar-refractivity contribution in [3.8, 4) is 0 Å². The van der Waals surface area contributed by atoms with Crippen molar-refractivity contribution in [2.45, 2.75) is 58.2 Å². The van der Waals surface area contributed by atoms with Crippen LogP contribution < -0.4 is 0 Å². The van der Waals surface area contributed by atoms with Crippen molar-refractivity contribution >= 4 is 19.1 Å². The number of benzene rings is 1. The van der Waals surface area contributed by atoms with Crippen LogP contribution in [0.4, 0.5) is 4.39 Å². The van der Waals surface area contributed by atoms with Gasteiger partial charge in [-0.15, -0.1) is 0 Å². The molecule has 0 aliphatic carbocycles. The summed E-state index contributed by atoms with van der Waals surface area (Å²) in [5.74, 6) is -0.111. The van der Waals surface area contributed by atoms with Gasteiger partial charge < -0.3 is 4.23 Å². The first-order chi connectivity index (χ1) is 9.33. The Morgan fingerprint density at radius 3 is 1.95 bits per heavy atom. The Balaban J connectivity index is 2.79. The Morgan fingerprint density at radius 2 is 1.45 bits per heavy atom. The van der Waals surface area contributed by atoms with E-state index < -0.39 is 8.24 Å². The predicted octanol–water partition coefficient (Wildman–Crippen LogP) is 5.80. The fourth-order valence-corrected chi connectivity index (χ4v) is 10.9. The van der Waals surface area contributed by atoms with Crippen molar-refractivity contribution in [1.82, 2.24) is 4.23 Å². The zero-order chi connectivity index (χ0) is 15.1. The topological polar surface area (TPSA) is 4.93 Å². The summed E-state index contributed by atoms with van der Waals surface area (Å²) in [6.45, 7) is 14.0. The zero-order valence-electron chi connectivity index (χ0n) is 13.4. The van der Waals surface area contributed by atoms with Crippen LogP contribution in [0.15, 0.2) is 30.5 Å². The minimum atomic E-state index is -1.79. The summed E-state index contributed by atoms with van der Waals surface area (Å²) in [5, 5.41) is 0.756. The van der Waals surface area contributed by atoms with Crippen LogP contribution in [0.25, 0.3) is 10.9 Å². The largest absolute Gasteiger partial charge is 0.373 e. The van der Waals surface area contributed by atoms with E-state index in [-0.39, 0.29) is 5.82 Å². The average molecular weight is 291 g/mol. The van der Waals surface area contributed by atoms with Crippen molar-refractivity contribution in [2.24, 2.45) is 0 Å². The lowest BCUT2D eigenvalue weighted by Gasteiger charge is -2.44. The lowest BCUT2D eigenvalue weighted by atomic mass is 10.2. The number of fused-ring (bicyclic) bond motifs is 1. The molecule has 1 heterocycles. The Morgan fingerprint density at radius 1 is 0.900 bits per heavy atom. The molecule has 0 aliphatic heterocycles. The zero-order valence-corrected chi connectivity index (χ0v) is 14.4. The lowest BCUT2D eigenvalue weighted by Crippen LogP contribution is -2.51. The maximum atomic E-state index is 14.0. The van der Waals surface area contributed by atoms with Crippen molar-refractivity contribution in [3.63, 3.8) is 0 Å². The highest BCUT2D eigenvalue weighted by molar-refractivity contribution is 6.82. The fourth-order valence-electron chi connectivity index (χ4n) is 4.30. The Labute approximate surface area is 122 Å². The summed E-state index contributed by atoms with van der Waals surface area (Å²) < 4.78 is 16.4. The first-order valence-electron chi connectivity index (χ1n) is 7.59. The average Bonchev–Trinajstić information content (AvgIpc) is 2.74. The van der Waals surface area contributed by atoms with Crippen molar-refractivity contribution in [2.75, 3.05) is 0 Å². The van der Waals surface area contributed by atoms with Gasteiger partial charge in [0.15, 0.2) is 8.24 Å². The summed E-state index contributed by atoms with van der Waals surface area (Å²) in [7, 11) is -1.79. The second-order valence-corrected chi connectivity index (χ2v) is 12.4. The SMILES string of the molecule is CC(C)[Si](C(C)C)(C(C)C)n1ccc2c(F)cccc21. The molecule has 1 nitrogen and oxygen atoms in total. The lowest BCUT2D eigenvalue weighted by molar-refractivity contribution is 0.640. The molecular weight excluding hydrogens is 265 g/mol. The summed E-state index contributed by atoms with van der Waals surface area (Å²) in [4.78, 5) is 0.